The van der Waals surface area contributed by atoms with Crippen LogP contribution in [0.2, 0.25) is 0 Å². The first-order valence-electron chi connectivity index (χ1n) is 4.54. The second kappa shape index (κ2) is 4.67. The molecule has 4 nitrogen and oxygen atoms in total. The Morgan fingerprint density at radius 2 is 2.31 bits per heavy atom. The van der Waals surface area contributed by atoms with Crippen molar-refractivity contribution in [3.8, 4) is 0 Å². The number of rotatable bonds is 3. The largest absolute Gasteiger partial charge is 0.321 e. The SMILES string of the molecule is O=Cc1cccc(NC(=O)c2cncs2)c1. The van der Waals surface area contributed by atoms with Crippen LogP contribution in [0.1, 0.15) is 20.0 Å². The summed E-state index contributed by atoms with van der Waals surface area (Å²) >= 11 is 1.27. The van der Waals surface area contributed by atoms with Crippen molar-refractivity contribution in [2.45, 2.75) is 0 Å². The zero-order valence-corrected chi connectivity index (χ0v) is 9.03. The lowest BCUT2D eigenvalue weighted by atomic mass is 10.2. The van der Waals surface area contributed by atoms with Gasteiger partial charge in [-0.25, -0.2) is 0 Å². The highest BCUT2D eigenvalue weighted by Gasteiger charge is 2.07. The van der Waals surface area contributed by atoms with E-state index in [4.69, 9.17) is 0 Å². The van der Waals surface area contributed by atoms with Crippen molar-refractivity contribution < 1.29 is 9.59 Å². The van der Waals surface area contributed by atoms with E-state index >= 15 is 0 Å². The van der Waals surface area contributed by atoms with Gasteiger partial charge in [0.2, 0.25) is 0 Å². The van der Waals surface area contributed by atoms with E-state index in [1.165, 1.54) is 17.5 Å². The topological polar surface area (TPSA) is 59.1 Å². The molecule has 5 heteroatoms. The first-order chi connectivity index (χ1) is 7.79. The van der Waals surface area contributed by atoms with E-state index < -0.39 is 0 Å². The predicted octanol–water partition coefficient (Wildman–Crippen LogP) is 2.21. The summed E-state index contributed by atoms with van der Waals surface area (Å²) in [5, 5.41) is 2.69. The van der Waals surface area contributed by atoms with Crippen LogP contribution in [0.15, 0.2) is 36.0 Å². The molecule has 1 amide bonds. The number of nitrogens with one attached hydrogen (secondary N) is 1. The van der Waals surface area contributed by atoms with E-state index in [2.05, 4.69) is 10.3 Å². The fourth-order valence-corrected chi connectivity index (χ4v) is 1.73. The fraction of sp³-hybridized carbons (Fsp3) is 0. The van der Waals surface area contributed by atoms with Gasteiger partial charge in [-0.3, -0.25) is 14.6 Å². The van der Waals surface area contributed by atoms with Crippen molar-refractivity contribution in [1.82, 2.24) is 4.98 Å². The van der Waals surface area contributed by atoms with Crippen LogP contribution in [0, 0.1) is 0 Å². The molecule has 80 valence electrons. The highest BCUT2D eigenvalue weighted by Crippen LogP contribution is 2.12. The van der Waals surface area contributed by atoms with Crippen molar-refractivity contribution in [3.63, 3.8) is 0 Å². The maximum absolute atomic E-state index is 11.6. The molecule has 1 N–H and O–H groups in total. The Morgan fingerprint density at radius 3 is 3.00 bits per heavy atom. The van der Waals surface area contributed by atoms with E-state index in [9.17, 15) is 9.59 Å². The second-order valence-electron chi connectivity index (χ2n) is 3.06. The Kier molecular flexibility index (Phi) is 3.07. The number of benzene rings is 1. The van der Waals surface area contributed by atoms with E-state index in [1.54, 1.807) is 29.8 Å². The number of amides is 1. The summed E-state index contributed by atoms with van der Waals surface area (Å²) in [5.41, 5.74) is 2.72. The van der Waals surface area contributed by atoms with Gasteiger partial charge >= 0.3 is 0 Å². The molecule has 2 aromatic rings. The maximum atomic E-state index is 11.6. The third-order valence-corrected chi connectivity index (χ3v) is 2.71. The van der Waals surface area contributed by atoms with Gasteiger partial charge in [-0.2, -0.15) is 0 Å². The number of aromatic nitrogens is 1. The molecular weight excluding hydrogens is 224 g/mol. The lowest BCUT2D eigenvalue weighted by molar-refractivity contribution is 0.102. The molecule has 0 saturated carbocycles. The van der Waals surface area contributed by atoms with Gasteiger partial charge in [-0.15, -0.1) is 11.3 Å². The lowest BCUT2D eigenvalue weighted by Gasteiger charge is -2.03. The third kappa shape index (κ3) is 2.32. The number of nitrogens with zero attached hydrogens (tertiary/aromatic N) is 1. The number of anilines is 1. The van der Waals surface area contributed by atoms with Gasteiger partial charge in [-0.05, 0) is 12.1 Å². The first-order valence-corrected chi connectivity index (χ1v) is 5.42. The van der Waals surface area contributed by atoms with Crippen molar-refractivity contribution in [3.05, 3.63) is 46.4 Å². The quantitative estimate of drug-likeness (QED) is 0.825. The van der Waals surface area contributed by atoms with Gasteiger partial charge in [0, 0.05) is 11.3 Å². The summed E-state index contributed by atoms with van der Waals surface area (Å²) in [6.07, 6.45) is 2.24. The summed E-state index contributed by atoms with van der Waals surface area (Å²) in [6.45, 7) is 0. The smallest absolute Gasteiger partial charge is 0.267 e. The lowest BCUT2D eigenvalue weighted by Crippen LogP contribution is -2.10. The molecule has 0 bridgehead atoms. The Hall–Kier alpha value is -2.01. The molecule has 0 saturated heterocycles. The van der Waals surface area contributed by atoms with Crippen LogP contribution >= 0.6 is 11.3 Å². The summed E-state index contributed by atoms with van der Waals surface area (Å²) in [6, 6.07) is 6.74. The average Bonchev–Trinajstić information content (AvgIpc) is 2.83. The van der Waals surface area contributed by atoms with E-state index in [-0.39, 0.29) is 5.91 Å². The Bertz CT molecular complexity index is 508. The Labute approximate surface area is 96.0 Å². The number of hydrogen-bond donors (Lipinski definition) is 1. The van der Waals surface area contributed by atoms with Gasteiger partial charge < -0.3 is 5.32 Å². The van der Waals surface area contributed by atoms with Crippen LogP contribution in [0.25, 0.3) is 0 Å². The minimum atomic E-state index is -0.217. The fourth-order valence-electron chi connectivity index (χ4n) is 1.21. The molecule has 1 aromatic heterocycles. The molecule has 0 fully saturated rings. The zero-order chi connectivity index (χ0) is 11.4. The maximum Gasteiger partial charge on any atom is 0.267 e. The Morgan fingerprint density at radius 1 is 1.44 bits per heavy atom. The second-order valence-corrected chi connectivity index (χ2v) is 3.95. The number of hydrogen-bond acceptors (Lipinski definition) is 4. The molecule has 1 heterocycles. The van der Waals surface area contributed by atoms with E-state index in [1.807, 2.05) is 0 Å². The van der Waals surface area contributed by atoms with Crippen molar-refractivity contribution in [1.29, 1.82) is 0 Å². The highest BCUT2D eigenvalue weighted by atomic mass is 32.1. The summed E-state index contributed by atoms with van der Waals surface area (Å²) in [4.78, 5) is 26.6. The molecule has 16 heavy (non-hydrogen) atoms. The van der Waals surface area contributed by atoms with Crippen LogP contribution in [0.4, 0.5) is 5.69 Å². The van der Waals surface area contributed by atoms with Crippen molar-refractivity contribution >= 4 is 29.2 Å². The van der Waals surface area contributed by atoms with Crippen LogP contribution in [-0.4, -0.2) is 17.2 Å². The highest BCUT2D eigenvalue weighted by molar-refractivity contribution is 7.11. The Balaban J connectivity index is 2.15. The van der Waals surface area contributed by atoms with Gasteiger partial charge in [-0.1, -0.05) is 12.1 Å². The molecule has 1 aromatic carbocycles. The molecule has 0 radical (unpaired) electrons. The van der Waals surface area contributed by atoms with E-state index in [0.29, 0.717) is 16.1 Å². The van der Waals surface area contributed by atoms with Crippen molar-refractivity contribution in [2.24, 2.45) is 0 Å². The summed E-state index contributed by atoms with van der Waals surface area (Å²) in [5.74, 6) is -0.217. The summed E-state index contributed by atoms with van der Waals surface area (Å²) in [7, 11) is 0. The molecule has 0 unspecified atom stereocenters. The van der Waals surface area contributed by atoms with Gasteiger partial charge in [0.05, 0.1) is 11.7 Å². The number of thiazole rings is 1. The predicted molar refractivity (Wildman–Crippen MR) is 61.9 cm³/mol. The average molecular weight is 232 g/mol. The molecular formula is C11H8N2O2S. The van der Waals surface area contributed by atoms with E-state index in [0.717, 1.165) is 6.29 Å². The summed E-state index contributed by atoms with van der Waals surface area (Å²) < 4.78 is 0. The normalized spacial score (nSPS) is 9.75. The monoisotopic (exact) mass is 232 g/mol. The standard InChI is InChI=1S/C11H8N2O2S/c14-6-8-2-1-3-9(4-8)13-11(15)10-5-12-7-16-10/h1-7H,(H,13,15). The number of carbonyl (C=O) groups is 2. The molecule has 0 spiro atoms. The van der Waals surface area contributed by atoms with Crippen LogP contribution < -0.4 is 5.32 Å². The van der Waals surface area contributed by atoms with Crippen LogP contribution in [0.3, 0.4) is 0 Å². The minimum absolute atomic E-state index is 0.217. The molecule has 0 aliphatic heterocycles. The third-order valence-electron chi connectivity index (χ3n) is 1.94. The number of aldehydes is 1. The minimum Gasteiger partial charge on any atom is -0.321 e. The molecule has 2 rings (SSSR count). The molecule has 0 aliphatic carbocycles. The number of carbonyl (C=O) groups excluding carboxylic acids is 2. The first kappa shape index (κ1) is 10.5. The molecule has 0 atom stereocenters. The van der Waals surface area contributed by atoms with Crippen LogP contribution in [0.5, 0.6) is 0 Å². The molecule has 0 aliphatic rings. The van der Waals surface area contributed by atoms with Gasteiger partial charge in [0.15, 0.2) is 0 Å². The zero-order valence-electron chi connectivity index (χ0n) is 8.21. The van der Waals surface area contributed by atoms with Gasteiger partial charge in [0.25, 0.3) is 5.91 Å². The van der Waals surface area contributed by atoms with Gasteiger partial charge in [0.1, 0.15) is 11.2 Å². The van der Waals surface area contributed by atoms with Crippen LogP contribution in [-0.2, 0) is 0 Å². The van der Waals surface area contributed by atoms with Crippen molar-refractivity contribution in [2.75, 3.05) is 5.32 Å².